The first kappa shape index (κ1) is 13.3. The minimum atomic E-state index is -0.687. The molecule has 0 aliphatic rings. The lowest BCUT2D eigenvalue weighted by molar-refractivity contribution is 0.0504. The Morgan fingerprint density at radius 2 is 2.31 bits per heavy atom. The van der Waals surface area contributed by atoms with Gasteiger partial charge in [-0.2, -0.15) is 0 Å². The Labute approximate surface area is 106 Å². The average Bonchev–Trinajstić information content (AvgIpc) is 2.24. The number of nitrogen functional groups attached to an aromatic ring is 1. The third kappa shape index (κ3) is 2.65. The third-order valence-electron chi connectivity index (χ3n) is 1.85. The van der Waals surface area contributed by atoms with E-state index in [1.54, 1.807) is 0 Å². The van der Waals surface area contributed by atoms with Crippen LogP contribution in [0.4, 0.5) is 10.1 Å². The van der Waals surface area contributed by atoms with Crippen LogP contribution in [-0.4, -0.2) is 12.6 Å². The van der Waals surface area contributed by atoms with Gasteiger partial charge >= 0.3 is 5.97 Å². The number of benzene rings is 1. The van der Waals surface area contributed by atoms with Gasteiger partial charge in [0.2, 0.25) is 0 Å². The first-order valence-corrected chi connectivity index (χ1v) is 5.76. The summed E-state index contributed by atoms with van der Waals surface area (Å²) in [5, 5.41) is -0.0100. The summed E-state index contributed by atoms with van der Waals surface area (Å²) in [5.41, 5.74) is 5.53. The van der Waals surface area contributed by atoms with Crippen molar-refractivity contribution >= 4 is 39.2 Å². The molecule has 1 rings (SSSR count). The lowest BCUT2D eigenvalue weighted by Gasteiger charge is -2.10. The minimum absolute atomic E-state index is 0.0100. The van der Waals surface area contributed by atoms with Gasteiger partial charge in [0.05, 0.1) is 21.8 Å². The number of carbonyl (C=O) groups excluding carboxylic acids is 1. The van der Waals surface area contributed by atoms with Crippen LogP contribution in [0, 0.1) is 5.82 Å². The lowest BCUT2D eigenvalue weighted by Crippen LogP contribution is -2.11. The third-order valence-corrected chi connectivity index (χ3v) is 2.94. The number of ether oxygens (including phenoxy) is 1. The molecule has 0 spiro atoms. The monoisotopic (exact) mass is 309 g/mol. The van der Waals surface area contributed by atoms with E-state index in [0.29, 0.717) is 6.42 Å². The van der Waals surface area contributed by atoms with Crippen molar-refractivity contribution in [2.24, 2.45) is 0 Å². The van der Waals surface area contributed by atoms with E-state index in [1.807, 2.05) is 6.92 Å². The van der Waals surface area contributed by atoms with Crippen LogP contribution >= 0.6 is 27.5 Å². The molecule has 1 aromatic carbocycles. The molecular formula is C10H10BrClFNO2. The summed E-state index contributed by atoms with van der Waals surface area (Å²) in [6.07, 6.45) is 0.673. The minimum Gasteiger partial charge on any atom is -0.462 e. The summed E-state index contributed by atoms with van der Waals surface area (Å²) >= 11 is 8.62. The van der Waals surface area contributed by atoms with E-state index in [0.717, 1.165) is 6.07 Å². The summed E-state index contributed by atoms with van der Waals surface area (Å²) in [6, 6.07) is 1.04. The Kier molecular flexibility index (Phi) is 4.56. The molecule has 0 heterocycles. The van der Waals surface area contributed by atoms with E-state index in [-0.39, 0.29) is 27.4 Å². The van der Waals surface area contributed by atoms with Crippen molar-refractivity contribution in [3.63, 3.8) is 0 Å². The van der Waals surface area contributed by atoms with Crippen molar-refractivity contribution in [1.82, 2.24) is 0 Å². The van der Waals surface area contributed by atoms with Gasteiger partial charge in [0.25, 0.3) is 0 Å². The molecule has 88 valence electrons. The number of esters is 1. The topological polar surface area (TPSA) is 52.3 Å². The molecule has 3 nitrogen and oxygen atoms in total. The number of rotatable bonds is 3. The van der Waals surface area contributed by atoms with Crippen LogP contribution in [-0.2, 0) is 4.74 Å². The fourth-order valence-corrected chi connectivity index (χ4v) is 1.76. The summed E-state index contributed by atoms with van der Waals surface area (Å²) in [4.78, 5) is 11.6. The number of hydrogen-bond acceptors (Lipinski definition) is 3. The maximum atomic E-state index is 13.3. The lowest BCUT2D eigenvalue weighted by atomic mass is 10.2. The Hall–Kier alpha value is -0.810. The molecule has 0 aliphatic heterocycles. The summed E-state index contributed by atoms with van der Waals surface area (Å²) in [7, 11) is 0. The highest BCUT2D eigenvalue weighted by atomic mass is 79.9. The molecule has 0 bridgehead atoms. The van der Waals surface area contributed by atoms with Gasteiger partial charge in [0.15, 0.2) is 0 Å². The van der Waals surface area contributed by atoms with E-state index in [4.69, 9.17) is 22.1 Å². The molecule has 6 heteroatoms. The highest BCUT2D eigenvalue weighted by molar-refractivity contribution is 9.10. The van der Waals surface area contributed by atoms with E-state index in [9.17, 15) is 9.18 Å². The summed E-state index contributed by atoms with van der Waals surface area (Å²) in [5.74, 6) is -1.34. The zero-order chi connectivity index (χ0) is 12.3. The largest absolute Gasteiger partial charge is 0.462 e. The number of carbonyl (C=O) groups is 1. The number of hydrogen-bond donors (Lipinski definition) is 1. The highest BCUT2D eigenvalue weighted by Gasteiger charge is 2.21. The Morgan fingerprint density at radius 1 is 1.69 bits per heavy atom. The van der Waals surface area contributed by atoms with Gasteiger partial charge in [0.1, 0.15) is 11.4 Å². The van der Waals surface area contributed by atoms with Crippen LogP contribution in [0.25, 0.3) is 0 Å². The second-order valence-corrected chi connectivity index (χ2v) is 4.28. The van der Waals surface area contributed by atoms with Gasteiger partial charge in [-0.3, -0.25) is 0 Å². The highest BCUT2D eigenvalue weighted by Crippen LogP contribution is 2.32. The first-order valence-electron chi connectivity index (χ1n) is 4.59. The van der Waals surface area contributed by atoms with Crippen LogP contribution in [0.5, 0.6) is 0 Å². The molecule has 0 atom stereocenters. The Morgan fingerprint density at radius 3 is 2.88 bits per heavy atom. The molecule has 0 unspecified atom stereocenters. The molecule has 0 saturated carbocycles. The number of nitrogens with two attached hydrogens (primary N) is 1. The van der Waals surface area contributed by atoms with Crippen LogP contribution in [0.15, 0.2) is 10.5 Å². The van der Waals surface area contributed by atoms with Gasteiger partial charge in [-0.25, -0.2) is 9.18 Å². The van der Waals surface area contributed by atoms with E-state index in [2.05, 4.69) is 15.9 Å². The molecule has 16 heavy (non-hydrogen) atoms. The van der Waals surface area contributed by atoms with E-state index in [1.165, 1.54) is 0 Å². The smallest absolute Gasteiger partial charge is 0.341 e. The van der Waals surface area contributed by atoms with Crippen LogP contribution in [0.2, 0.25) is 5.02 Å². The van der Waals surface area contributed by atoms with Crippen LogP contribution in [0.1, 0.15) is 23.7 Å². The molecule has 1 aromatic rings. The van der Waals surface area contributed by atoms with Crippen molar-refractivity contribution in [1.29, 1.82) is 0 Å². The Balaban J connectivity index is 3.16. The van der Waals surface area contributed by atoms with E-state index >= 15 is 0 Å². The van der Waals surface area contributed by atoms with Gasteiger partial charge in [-0.15, -0.1) is 0 Å². The Bertz CT molecular complexity index is 400. The van der Waals surface area contributed by atoms with Crippen molar-refractivity contribution in [3.8, 4) is 0 Å². The first-order chi connectivity index (χ1) is 7.49. The zero-order valence-electron chi connectivity index (χ0n) is 8.52. The van der Waals surface area contributed by atoms with Gasteiger partial charge in [-0.05, 0) is 28.4 Å². The molecule has 0 radical (unpaired) electrons. The predicted octanol–water partition coefficient (Wildman–Crippen LogP) is 3.39. The van der Waals surface area contributed by atoms with Crippen LogP contribution in [0.3, 0.4) is 0 Å². The second kappa shape index (κ2) is 5.50. The van der Waals surface area contributed by atoms with Gasteiger partial charge in [-0.1, -0.05) is 18.5 Å². The van der Waals surface area contributed by atoms with Gasteiger partial charge < -0.3 is 10.5 Å². The number of halogens is 3. The molecule has 0 saturated heterocycles. The molecular weight excluding hydrogens is 300 g/mol. The maximum Gasteiger partial charge on any atom is 0.341 e. The van der Waals surface area contributed by atoms with Crippen molar-refractivity contribution in [2.75, 3.05) is 12.3 Å². The molecule has 0 aliphatic carbocycles. The second-order valence-electron chi connectivity index (χ2n) is 3.08. The molecule has 0 fully saturated rings. The van der Waals surface area contributed by atoms with Gasteiger partial charge in [0, 0.05) is 0 Å². The normalized spacial score (nSPS) is 10.2. The predicted molar refractivity (Wildman–Crippen MR) is 64.1 cm³/mol. The summed E-state index contributed by atoms with van der Waals surface area (Å²) < 4.78 is 18.2. The SMILES string of the molecule is CCCOC(=O)c1c(N)c(Cl)cc(F)c1Br. The van der Waals surface area contributed by atoms with E-state index < -0.39 is 11.8 Å². The average molecular weight is 311 g/mol. The van der Waals surface area contributed by atoms with Crippen molar-refractivity contribution in [3.05, 3.63) is 26.9 Å². The molecule has 2 N–H and O–H groups in total. The maximum absolute atomic E-state index is 13.3. The molecule has 0 aromatic heterocycles. The fourth-order valence-electron chi connectivity index (χ4n) is 1.08. The number of anilines is 1. The molecule has 0 amide bonds. The quantitative estimate of drug-likeness (QED) is 0.529. The zero-order valence-corrected chi connectivity index (χ0v) is 10.9. The standard InChI is InChI=1S/C10H10BrClFNO2/c1-2-3-16-10(15)7-8(11)6(13)4-5(12)9(7)14/h4H,2-3,14H2,1H3. The van der Waals surface area contributed by atoms with Crippen LogP contribution < -0.4 is 5.73 Å². The summed E-state index contributed by atoms with van der Waals surface area (Å²) in [6.45, 7) is 2.10. The van der Waals surface area contributed by atoms with Crippen molar-refractivity contribution in [2.45, 2.75) is 13.3 Å². The van der Waals surface area contributed by atoms with Crippen molar-refractivity contribution < 1.29 is 13.9 Å². The fraction of sp³-hybridized carbons (Fsp3) is 0.300.